The smallest absolute Gasteiger partial charge is 0.255 e. The van der Waals surface area contributed by atoms with Crippen molar-refractivity contribution in [3.8, 4) is 23.0 Å². The minimum atomic E-state index is -0.653. The average molecular weight is 365 g/mol. The van der Waals surface area contributed by atoms with Crippen LogP contribution in [0.25, 0.3) is 11.4 Å². The zero-order chi connectivity index (χ0) is 17.8. The molecular formula is C16H14ClFN4O3. The molecule has 1 atom stereocenters. The molecule has 7 nitrogen and oxygen atoms in total. The van der Waals surface area contributed by atoms with Crippen molar-refractivity contribution >= 4 is 11.6 Å². The summed E-state index contributed by atoms with van der Waals surface area (Å²) < 4.78 is 24.1. The summed E-state index contributed by atoms with van der Waals surface area (Å²) in [5, 5.41) is 13.0. The first-order valence-corrected chi connectivity index (χ1v) is 7.71. The van der Waals surface area contributed by atoms with Gasteiger partial charge >= 0.3 is 0 Å². The molecule has 0 unspecified atom stereocenters. The van der Waals surface area contributed by atoms with E-state index in [2.05, 4.69) is 15.1 Å². The van der Waals surface area contributed by atoms with Crippen LogP contribution in [0.4, 0.5) is 4.39 Å². The van der Waals surface area contributed by atoms with E-state index >= 15 is 0 Å². The average Bonchev–Trinajstić information content (AvgIpc) is 3.06. The van der Waals surface area contributed by atoms with Gasteiger partial charge in [0.15, 0.2) is 5.82 Å². The zero-order valence-electron chi connectivity index (χ0n) is 12.9. The van der Waals surface area contributed by atoms with E-state index in [1.807, 2.05) is 0 Å². The van der Waals surface area contributed by atoms with E-state index in [-0.39, 0.29) is 23.9 Å². The lowest BCUT2D eigenvalue weighted by molar-refractivity contribution is 0.254. The highest BCUT2D eigenvalue weighted by Crippen LogP contribution is 2.26. The molecule has 0 saturated heterocycles. The number of aromatic nitrogens is 3. The number of aliphatic hydroxyl groups is 1. The lowest BCUT2D eigenvalue weighted by Crippen LogP contribution is -2.26. The van der Waals surface area contributed by atoms with Crippen LogP contribution in [0.3, 0.4) is 0 Å². The predicted molar refractivity (Wildman–Crippen MR) is 87.8 cm³/mol. The first-order chi connectivity index (χ1) is 12.0. The number of nitrogens with two attached hydrogens (primary N) is 1. The standard InChI is InChI=1S/C16H14ClFN4O3/c17-10-5-13(18)16(20-7-10)24-12-3-1-9(2-4-12)15-21-14(25-22-15)6-11(19)8-23/h1-5,7,11,23H,6,8,19H2/t11-/m0/s1. The van der Waals surface area contributed by atoms with Crippen molar-refractivity contribution in [2.24, 2.45) is 5.73 Å². The molecule has 0 spiro atoms. The van der Waals surface area contributed by atoms with Crippen molar-refractivity contribution in [3.05, 3.63) is 53.3 Å². The molecule has 0 aliphatic carbocycles. The topological polar surface area (TPSA) is 107 Å². The Kier molecular flexibility index (Phi) is 5.22. The van der Waals surface area contributed by atoms with Gasteiger partial charge in [0.05, 0.1) is 11.6 Å². The first-order valence-electron chi connectivity index (χ1n) is 7.33. The minimum Gasteiger partial charge on any atom is -0.436 e. The van der Waals surface area contributed by atoms with Gasteiger partial charge in [-0.3, -0.25) is 0 Å². The molecule has 130 valence electrons. The second-order valence-electron chi connectivity index (χ2n) is 5.23. The van der Waals surface area contributed by atoms with Gasteiger partial charge < -0.3 is 20.1 Å². The Balaban J connectivity index is 1.72. The fourth-order valence-electron chi connectivity index (χ4n) is 2.00. The predicted octanol–water partition coefficient (Wildman–Crippen LogP) is 2.58. The van der Waals surface area contributed by atoms with Crippen molar-refractivity contribution in [2.75, 3.05) is 6.61 Å². The normalized spacial score (nSPS) is 12.2. The summed E-state index contributed by atoms with van der Waals surface area (Å²) in [5.41, 5.74) is 6.31. The summed E-state index contributed by atoms with van der Waals surface area (Å²) in [4.78, 5) is 8.00. The highest BCUT2D eigenvalue weighted by Gasteiger charge is 2.13. The Morgan fingerprint density at radius 2 is 2.08 bits per heavy atom. The van der Waals surface area contributed by atoms with Crippen LogP contribution in [0.2, 0.25) is 5.02 Å². The van der Waals surface area contributed by atoms with Crippen molar-refractivity contribution in [1.29, 1.82) is 0 Å². The van der Waals surface area contributed by atoms with Crippen LogP contribution in [0.1, 0.15) is 5.89 Å². The number of ether oxygens (including phenoxy) is 1. The van der Waals surface area contributed by atoms with Gasteiger partial charge in [-0.15, -0.1) is 0 Å². The molecule has 3 aromatic rings. The number of pyridine rings is 1. The largest absolute Gasteiger partial charge is 0.436 e. The zero-order valence-corrected chi connectivity index (χ0v) is 13.7. The van der Waals surface area contributed by atoms with Gasteiger partial charge in [-0.1, -0.05) is 16.8 Å². The monoisotopic (exact) mass is 364 g/mol. The summed E-state index contributed by atoms with van der Waals surface area (Å²) in [6, 6.07) is 7.32. The molecule has 0 amide bonds. The van der Waals surface area contributed by atoms with E-state index in [0.29, 0.717) is 23.0 Å². The number of benzene rings is 1. The summed E-state index contributed by atoms with van der Waals surface area (Å²) in [6.45, 7) is -0.168. The summed E-state index contributed by atoms with van der Waals surface area (Å²) in [7, 11) is 0. The molecule has 0 aliphatic rings. The van der Waals surface area contributed by atoms with Crippen LogP contribution in [0, 0.1) is 5.82 Å². The maximum absolute atomic E-state index is 13.7. The number of rotatable bonds is 6. The number of halogens is 2. The van der Waals surface area contributed by atoms with Crippen LogP contribution in [0.15, 0.2) is 41.1 Å². The van der Waals surface area contributed by atoms with Crippen molar-refractivity contribution in [3.63, 3.8) is 0 Å². The Labute approximate surface area is 147 Å². The molecule has 0 bridgehead atoms. The van der Waals surface area contributed by atoms with Crippen LogP contribution in [-0.2, 0) is 6.42 Å². The SMILES string of the molecule is N[C@H](CO)Cc1nc(-c2ccc(Oc3ncc(Cl)cc3F)cc2)no1. The Bertz CT molecular complexity index is 857. The molecule has 0 fully saturated rings. The number of hydrogen-bond acceptors (Lipinski definition) is 7. The highest BCUT2D eigenvalue weighted by atomic mass is 35.5. The van der Waals surface area contributed by atoms with E-state index < -0.39 is 11.9 Å². The molecule has 3 rings (SSSR count). The second kappa shape index (κ2) is 7.56. The summed E-state index contributed by atoms with van der Waals surface area (Å²) in [6.07, 6.45) is 1.58. The highest BCUT2D eigenvalue weighted by molar-refractivity contribution is 6.30. The summed E-state index contributed by atoms with van der Waals surface area (Å²) >= 11 is 5.65. The van der Waals surface area contributed by atoms with Gasteiger partial charge in [0.25, 0.3) is 5.88 Å². The Morgan fingerprint density at radius 3 is 2.76 bits per heavy atom. The van der Waals surface area contributed by atoms with Gasteiger partial charge in [0, 0.05) is 24.2 Å². The van der Waals surface area contributed by atoms with E-state index in [1.54, 1.807) is 24.3 Å². The quantitative estimate of drug-likeness (QED) is 0.692. The Hall–Kier alpha value is -2.55. The molecule has 2 heterocycles. The maximum atomic E-state index is 13.7. The van der Waals surface area contributed by atoms with Crippen LogP contribution < -0.4 is 10.5 Å². The van der Waals surface area contributed by atoms with Crippen molar-refractivity contribution < 1.29 is 18.8 Å². The third-order valence-corrected chi connectivity index (χ3v) is 3.45. The molecule has 3 N–H and O–H groups in total. The van der Waals surface area contributed by atoms with Gasteiger partial charge in [0.1, 0.15) is 5.75 Å². The molecule has 1 aromatic carbocycles. The van der Waals surface area contributed by atoms with E-state index in [4.69, 9.17) is 31.7 Å². The maximum Gasteiger partial charge on any atom is 0.255 e. The van der Waals surface area contributed by atoms with Gasteiger partial charge in [-0.25, -0.2) is 9.37 Å². The molecular weight excluding hydrogens is 351 g/mol. The fourth-order valence-corrected chi connectivity index (χ4v) is 2.15. The van der Waals surface area contributed by atoms with Crippen LogP contribution >= 0.6 is 11.6 Å². The Morgan fingerprint density at radius 1 is 1.32 bits per heavy atom. The summed E-state index contributed by atoms with van der Waals surface area (Å²) in [5.74, 6) is 0.284. The van der Waals surface area contributed by atoms with E-state index in [9.17, 15) is 4.39 Å². The van der Waals surface area contributed by atoms with E-state index in [1.165, 1.54) is 6.20 Å². The fraction of sp³-hybridized carbons (Fsp3) is 0.188. The number of nitrogens with zero attached hydrogens (tertiary/aromatic N) is 3. The third-order valence-electron chi connectivity index (χ3n) is 3.24. The van der Waals surface area contributed by atoms with Gasteiger partial charge in [0.2, 0.25) is 11.7 Å². The number of hydrogen-bond donors (Lipinski definition) is 2. The lowest BCUT2D eigenvalue weighted by Gasteiger charge is -2.06. The third kappa shape index (κ3) is 4.30. The van der Waals surface area contributed by atoms with Crippen LogP contribution in [0.5, 0.6) is 11.6 Å². The molecule has 9 heteroatoms. The molecule has 2 aromatic heterocycles. The van der Waals surface area contributed by atoms with Gasteiger partial charge in [-0.05, 0) is 30.3 Å². The molecule has 0 radical (unpaired) electrons. The van der Waals surface area contributed by atoms with E-state index in [0.717, 1.165) is 6.07 Å². The number of aliphatic hydroxyl groups excluding tert-OH is 1. The van der Waals surface area contributed by atoms with Crippen LogP contribution in [-0.4, -0.2) is 32.9 Å². The second-order valence-corrected chi connectivity index (χ2v) is 5.66. The van der Waals surface area contributed by atoms with Crippen molar-refractivity contribution in [2.45, 2.75) is 12.5 Å². The lowest BCUT2D eigenvalue weighted by atomic mass is 10.2. The molecule has 0 saturated carbocycles. The minimum absolute atomic E-state index is 0.168. The first kappa shape index (κ1) is 17.3. The molecule has 25 heavy (non-hydrogen) atoms. The van der Waals surface area contributed by atoms with Crippen molar-refractivity contribution in [1.82, 2.24) is 15.1 Å². The van der Waals surface area contributed by atoms with Gasteiger partial charge in [-0.2, -0.15) is 4.98 Å². The molecule has 0 aliphatic heterocycles.